The molecule has 1 heterocycles. The number of benzene rings is 1. The summed E-state index contributed by atoms with van der Waals surface area (Å²) in [7, 11) is 1.60. The molecule has 0 saturated carbocycles. The molecule has 5 heteroatoms. The molecular weight excluding hydrogens is 280 g/mol. The molecule has 1 aromatic heterocycles. The van der Waals surface area contributed by atoms with Crippen LogP contribution in [0.5, 0.6) is 5.75 Å². The summed E-state index contributed by atoms with van der Waals surface area (Å²) >= 11 is 0. The summed E-state index contributed by atoms with van der Waals surface area (Å²) in [6.45, 7) is 2.34. The molecule has 0 aliphatic heterocycles. The molecule has 0 radical (unpaired) electrons. The van der Waals surface area contributed by atoms with E-state index in [0.717, 1.165) is 17.0 Å². The Morgan fingerprint density at radius 3 is 2.68 bits per heavy atom. The second-order valence-electron chi connectivity index (χ2n) is 4.93. The van der Waals surface area contributed by atoms with Crippen molar-refractivity contribution >= 4 is 5.91 Å². The standard InChI is InChI=1S/C17H20N2O3/c1-13-6-5-8-15(18-13)17(21)19(10-11-20)12-14-7-3-4-9-16(14)22-2/h3-9,20H,10-12H2,1-2H3. The zero-order valence-electron chi connectivity index (χ0n) is 12.8. The topological polar surface area (TPSA) is 62.7 Å². The molecule has 0 spiro atoms. The second-order valence-corrected chi connectivity index (χ2v) is 4.93. The molecule has 0 aliphatic carbocycles. The molecule has 0 bridgehead atoms. The number of hydrogen-bond donors (Lipinski definition) is 1. The maximum atomic E-state index is 12.6. The van der Waals surface area contributed by atoms with E-state index in [9.17, 15) is 9.90 Å². The third-order valence-electron chi connectivity index (χ3n) is 3.32. The average Bonchev–Trinajstić information content (AvgIpc) is 2.54. The number of carbonyl (C=O) groups is 1. The van der Waals surface area contributed by atoms with Crippen LogP contribution in [0.15, 0.2) is 42.5 Å². The Kier molecular flexibility index (Phi) is 5.49. The number of amides is 1. The smallest absolute Gasteiger partial charge is 0.272 e. The Labute approximate surface area is 130 Å². The van der Waals surface area contributed by atoms with Gasteiger partial charge in [0.05, 0.1) is 13.7 Å². The van der Waals surface area contributed by atoms with Gasteiger partial charge in [-0.25, -0.2) is 4.98 Å². The van der Waals surface area contributed by atoms with Gasteiger partial charge in [-0.1, -0.05) is 24.3 Å². The predicted octanol–water partition coefficient (Wildman–Crippen LogP) is 2.03. The molecule has 5 nitrogen and oxygen atoms in total. The van der Waals surface area contributed by atoms with Crippen LogP contribution in [0.4, 0.5) is 0 Å². The number of nitrogens with zero attached hydrogens (tertiary/aromatic N) is 2. The van der Waals surface area contributed by atoms with Crippen molar-refractivity contribution in [1.82, 2.24) is 9.88 Å². The molecule has 1 amide bonds. The van der Waals surface area contributed by atoms with Crippen LogP contribution in [0.2, 0.25) is 0 Å². The van der Waals surface area contributed by atoms with E-state index < -0.39 is 0 Å². The van der Waals surface area contributed by atoms with Crippen molar-refractivity contribution in [3.8, 4) is 5.75 Å². The second kappa shape index (κ2) is 7.56. The number of carbonyl (C=O) groups excluding carboxylic acids is 1. The van der Waals surface area contributed by atoms with Crippen LogP contribution < -0.4 is 4.74 Å². The maximum Gasteiger partial charge on any atom is 0.272 e. The van der Waals surface area contributed by atoms with Gasteiger partial charge in [-0.2, -0.15) is 0 Å². The summed E-state index contributed by atoms with van der Waals surface area (Å²) in [6.07, 6.45) is 0. The van der Waals surface area contributed by atoms with Crippen molar-refractivity contribution in [2.75, 3.05) is 20.3 Å². The van der Waals surface area contributed by atoms with Gasteiger partial charge in [0, 0.05) is 24.3 Å². The number of rotatable bonds is 6. The molecule has 1 aromatic carbocycles. The van der Waals surface area contributed by atoms with E-state index in [4.69, 9.17) is 4.74 Å². The molecule has 22 heavy (non-hydrogen) atoms. The average molecular weight is 300 g/mol. The number of para-hydroxylation sites is 1. The van der Waals surface area contributed by atoms with Crippen molar-refractivity contribution in [3.63, 3.8) is 0 Å². The van der Waals surface area contributed by atoms with E-state index in [0.29, 0.717) is 12.2 Å². The van der Waals surface area contributed by atoms with Crippen molar-refractivity contribution in [3.05, 3.63) is 59.4 Å². The van der Waals surface area contributed by atoms with Gasteiger partial charge in [-0.05, 0) is 25.1 Å². The first-order valence-corrected chi connectivity index (χ1v) is 7.11. The minimum Gasteiger partial charge on any atom is -0.496 e. The van der Waals surface area contributed by atoms with Gasteiger partial charge in [0.2, 0.25) is 0 Å². The number of aliphatic hydroxyl groups excluding tert-OH is 1. The van der Waals surface area contributed by atoms with Crippen molar-refractivity contribution in [2.45, 2.75) is 13.5 Å². The minimum absolute atomic E-state index is 0.104. The largest absolute Gasteiger partial charge is 0.496 e. The van der Waals surface area contributed by atoms with Crippen LogP contribution in [0.1, 0.15) is 21.7 Å². The Morgan fingerprint density at radius 1 is 1.23 bits per heavy atom. The maximum absolute atomic E-state index is 12.6. The normalized spacial score (nSPS) is 10.3. The monoisotopic (exact) mass is 300 g/mol. The van der Waals surface area contributed by atoms with Gasteiger partial charge < -0.3 is 14.7 Å². The summed E-state index contributed by atoms with van der Waals surface area (Å²) in [5.74, 6) is 0.513. The fourth-order valence-corrected chi connectivity index (χ4v) is 2.24. The van der Waals surface area contributed by atoms with Gasteiger partial charge in [0.25, 0.3) is 5.91 Å². The summed E-state index contributed by atoms with van der Waals surface area (Å²) in [6, 6.07) is 12.8. The summed E-state index contributed by atoms with van der Waals surface area (Å²) in [4.78, 5) is 18.4. The fraction of sp³-hybridized carbons (Fsp3) is 0.294. The van der Waals surface area contributed by atoms with Gasteiger partial charge >= 0.3 is 0 Å². The summed E-state index contributed by atoms with van der Waals surface area (Å²) in [5.41, 5.74) is 2.05. The first-order chi connectivity index (χ1) is 10.7. The number of methoxy groups -OCH3 is 1. The third kappa shape index (κ3) is 3.83. The van der Waals surface area contributed by atoms with Crippen molar-refractivity contribution in [1.29, 1.82) is 0 Å². The highest BCUT2D eigenvalue weighted by molar-refractivity contribution is 5.92. The van der Waals surface area contributed by atoms with Gasteiger partial charge in [-0.15, -0.1) is 0 Å². The van der Waals surface area contributed by atoms with Crippen LogP contribution in [-0.2, 0) is 6.54 Å². The number of ether oxygens (including phenoxy) is 1. The Morgan fingerprint density at radius 2 is 2.00 bits per heavy atom. The van der Waals surface area contributed by atoms with Crippen LogP contribution in [0.3, 0.4) is 0 Å². The lowest BCUT2D eigenvalue weighted by Crippen LogP contribution is -2.33. The van der Waals surface area contributed by atoms with Crippen LogP contribution in [0.25, 0.3) is 0 Å². The Balaban J connectivity index is 2.24. The quantitative estimate of drug-likeness (QED) is 0.886. The molecule has 0 unspecified atom stereocenters. The lowest BCUT2D eigenvalue weighted by atomic mass is 10.1. The molecule has 116 valence electrons. The number of aromatic nitrogens is 1. The first kappa shape index (κ1) is 16.0. The van der Waals surface area contributed by atoms with E-state index >= 15 is 0 Å². The Bertz CT molecular complexity index is 643. The van der Waals surface area contributed by atoms with Gasteiger partial charge in [-0.3, -0.25) is 4.79 Å². The van der Waals surface area contributed by atoms with Gasteiger partial charge in [0.1, 0.15) is 11.4 Å². The van der Waals surface area contributed by atoms with E-state index in [1.807, 2.05) is 37.3 Å². The van der Waals surface area contributed by atoms with Crippen molar-refractivity contribution < 1.29 is 14.6 Å². The van der Waals surface area contributed by atoms with E-state index in [1.54, 1.807) is 24.1 Å². The van der Waals surface area contributed by atoms with Gasteiger partial charge in [0.15, 0.2) is 0 Å². The highest BCUT2D eigenvalue weighted by atomic mass is 16.5. The molecule has 0 aliphatic rings. The van der Waals surface area contributed by atoms with E-state index in [2.05, 4.69) is 4.98 Å². The SMILES string of the molecule is COc1ccccc1CN(CCO)C(=O)c1cccc(C)n1. The first-order valence-electron chi connectivity index (χ1n) is 7.11. The zero-order valence-corrected chi connectivity index (χ0v) is 12.8. The molecule has 2 aromatic rings. The fourth-order valence-electron chi connectivity index (χ4n) is 2.24. The zero-order chi connectivity index (χ0) is 15.9. The molecule has 2 rings (SSSR count). The molecule has 0 atom stereocenters. The summed E-state index contributed by atoms with van der Waals surface area (Å²) < 4.78 is 5.31. The van der Waals surface area contributed by atoms with E-state index in [-0.39, 0.29) is 19.1 Å². The van der Waals surface area contributed by atoms with Crippen molar-refractivity contribution in [2.24, 2.45) is 0 Å². The number of pyridine rings is 1. The van der Waals surface area contributed by atoms with Crippen LogP contribution in [-0.4, -0.2) is 41.2 Å². The molecular formula is C17H20N2O3. The number of aryl methyl sites for hydroxylation is 1. The van der Waals surface area contributed by atoms with Crippen LogP contribution >= 0.6 is 0 Å². The van der Waals surface area contributed by atoms with E-state index in [1.165, 1.54) is 0 Å². The number of hydrogen-bond acceptors (Lipinski definition) is 4. The predicted molar refractivity (Wildman–Crippen MR) is 83.8 cm³/mol. The molecule has 1 N–H and O–H groups in total. The Hall–Kier alpha value is -2.40. The summed E-state index contributed by atoms with van der Waals surface area (Å²) in [5, 5.41) is 9.25. The van der Waals surface area contributed by atoms with Crippen LogP contribution in [0, 0.1) is 6.92 Å². The molecule has 0 saturated heterocycles. The lowest BCUT2D eigenvalue weighted by Gasteiger charge is -2.22. The third-order valence-corrected chi connectivity index (χ3v) is 3.32. The highest BCUT2D eigenvalue weighted by Gasteiger charge is 2.18. The minimum atomic E-state index is -0.205. The highest BCUT2D eigenvalue weighted by Crippen LogP contribution is 2.20. The lowest BCUT2D eigenvalue weighted by molar-refractivity contribution is 0.0700. The molecule has 0 fully saturated rings. The number of aliphatic hydroxyl groups is 1.